The second-order valence-electron chi connectivity index (χ2n) is 5.16. The Kier molecular flexibility index (Phi) is 4.60. The van der Waals surface area contributed by atoms with Crippen molar-refractivity contribution in [3.8, 4) is 0 Å². The molecule has 5 heteroatoms. The summed E-state index contributed by atoms with van der Waals surface area (Å²) >= 11 is 0. The highest BCUT2D eigenvalue weighted by Crippen LogP contribution is 2.24. The lowest BCUT2D eigenvalue weighted by atomic mass is 10.0. The maximum atomic E-state index is 12.5. The van der Waals surface area contributed by atoms with E-state index < -0.39 is 16.1 Å². The third-order valence-corrected chi connectivity index (χ3v) is 5.47. The second-order valence-corrected chi connectivity index (χ2v) is 7.08. The number of nitrogens with zero attached hydrogens (tertiary/aromatic N) is 1. The first-order chi connectivity index (χ1) is 9.00. The van der Waals surface area contributed by atoms with E-state index in [0.717, 1.165) is 24.8 Å². The number of piperidine rings is 1. The minimum absolute atomic E-state index is 0.0110. The first-order valence-electron chi connectivity index (χ1n) is 6.72. The summed E-state index contributed by atoms with van der Waals surface area (Å²) in [6, 6.07) is 8.91. The van der Waals surface area contributed by atoms with Crippen molar-refractivity contribution >= 4 is 10.0 Å². The Balaban J connectivity index is 2.18. The molecule has 0 bridgehead atoms. The van der Waals surface area contributed by atoms with Gasteiger partial charge in [0.1, 0.15) is 0 Å². The molecule has 0 spiro atoms. The zero-order valence-corrected chi connectivity index (χ0v) is 12.0. The minimum atomic E-state index is -3.36. The zero-order valence-electron chi connectivity index (χ0n) is 11.2. The van der Waals surface area contributed by atoms with Crippen molar-refractivity contribution in [1.29, 1.82) is 0 Å². The van der Waals surface area contributed by atoms with Crippen LogP contribution in [0.1, 0.15) is 31.7 Å². The van der Waals surface area contributed by atoms with Gasteiger partial charge in [0.05, 0.1) is 17.9 Å². The van der Waals surface area contributed by atoms with Gasteiger partial charge in [0, 0.05) is 6.54 Å². The number of aliphatic hydroxyl groups is 1. The monoisotopic (exact) mass is 283 g/mol. The average molecular weight is 283 g/mol. The molecule has 2 unspecified atom stereocenters. The van der Waals surface area contributed by atoms with Crippen LogP contribution in [0.3, 0.4) is 0 Å². The first kappa shape index (κ1) is 14.5. The van der Waals surface area contributed by atoms with Crippen molar-refractivity contribution < 1.29 is 13.5 Å². The summed E-state index contributed by atoms with van der Waals surface area (Å²) in [4.78, 5) is 0. The Hall–Kier alpha value is -0.910. The van der Waals surface area contributed by atoms with Crippen LogP contribution in [-0.2, 0) is 15.8 Å². The van der Waals surface area contributed by atoms with Crippen LogP contribution in [0, 0.1) is 0 Å². The molecule has 0 saturated carbocycles. The van der Waals surface area contributed by atoms with E-state index in [0.29, 0.717) is 6.54 Å². The largest absolute Gasteiger partial charge is 0.392 e. The predicted octanol–water partition coefficient (Wildman–Crippen LogP) is 1.75. The number of sulfonamides is 1. The lowest BCUT2D eigenvalue weighted by Gasteiger charge is -2.36. The molecular weight excluding hydrogens is 262 g/mol. The Bertz CT molecular complexity index is 499. The normalized spacial score (nSPS) is 23.2. The SMILES string of the molecule is CC(O)C1CCCCN1S(=O)(=O)Cc1ccccc1. The quantitative estimate of drug-likeness (QED) is 0.916. The second kappa shape index (κ2) is 6.03. The fourth-order valence-corrected chi connectivity index (χ4v) is 4.51. The molecule has 1 aromatic rings. The van der Waals surface area contributed by atoms with E-state index in [1.807, 2.05) is 30.3 Å². The van der Waals surface area contributed by atoms with Gasteiger partial charge in [0.25, 0.3) is 0 Å². The summed E-state index contributed by atoms with van der Waals surface area (Å²) in [6.45, 7) is 2.19. The van der Waals surface area contributed by atoms with Gasteiger partial charge in [0.15, 0.2) is 0 Å². The molecular formula is C14H21NO3S. The van der Waals surface area contributed by atoms with Gasteiger partial charge >= 0.3 is 0 Å². The van der Waals surface area contributed by atoms with Crippen LogP contribution >= 0.6 is 0 Å². The Morgan fingerprint density at radius 1 is 1.32 bits per heavy atom. The summed E-state index contributed by atoms with van der Waals surface area (Å²) in [5.41, 5.74) is 0.789. The Morgan fingerprint density at radius 3 is 2.63 bits per heavy atom. The number of aliphatic hydroxyl groups excluding tert-OH is 1. The highest BCUT2D eigenvalue weighted by atomic mass is 32.2. The molecule has 1 aliphatic rings. The summed E-state index contributed by atoms with van der Waals surface area (Å²) in [7, 11) is -3.36. The maximum absolute atomic E-state index is 12.5. The molecule has 1 saturated heterocycles. The Morgan fingerprint density at radius 2 is 2.00 bits per heavy atom. The van der Waals surface area contributed by atoms with E-state index in [4.69, 9.17) is 0 Å². The molecule has 19 heavy (non-hydrogen) atoms. The molecule has 0 amide bonds. The van der Waals surface area contributed by atoms with Gasteiger partial charge in [-0.1, -0.05) is 36.8 Å². The van der Waals surface area contributed by atoms with Gasteiger partial charge in [-0.2, -0.15) is 4.31 Å². The summed E-state index contributed by atoms with van der Waals surface area (Å²) in [6.07, 6.45) is 1.97. The smallest absolute Gasteiger partial charge is 0.218 e. The van der Waals surface area contributed by atoms with E-state index in [-0.39, 0.29) is 11.8 Å². The van der Waals surface area contributed by atoms with Gasteiger partial charge in [-0.25, -0.2) is 8.42 Å². The number of hydrogen-bond donors (Lipinski definition) is 1. The predicted molar refractivity (Wildman–Crippen MR) is 75.1 cm³/mol. The third kappa shape index (κ3) is 3.55. The van der Waals surface area contributed by atoms with E-state index in [2.05, 4.69) is 0 Å². The minimum Gasteiger partial charge on any atom is -0.392 e. The van der Waals surface area contributed by atoms with Crippen molar-refractivity contribution in [2.45, 2.75) is 44.1 Å². The molecule has 4 nitrogen and oxygen atoms in total. The zero-order chi connectivity index (χ0) is 13.9. The van der Waals surface area contributed by atoms with Crippen molar-refractivity contribution in [3.63, 3.8) is 0 Å². The van der Waals surface area contributed by atoms with Crippen LogP contribution in [0.2, 0.25) is 0 Å². The molecule has 1 heterocycles. The summed E-state index contributed by atoms with van der Waals surface area (Å²) in [5.74, 6) is 0.0110. The summed E-state index contributed by atoms with van der Waals surface area (Å²) in [5, 5.41) is 9.77. The molecule has 1 aromatic carbocycles. The lowest BCUT2D eigenvalue weighted by Crippen LogP contribution is -2.49. The van der Waals surface area contributed by atoms with Crippen molar-refractivity contribution in [1.82, 2.24) is 4.31 Å². The third-order valence-electron chi connectivity index (χ3n) is 3.60. The molecule has 0 radical (unpaired) electrons. The Labute approximate surface area is 115 Å². The van der Waals surface area contributed by atoms with Crippen molar-refractivity contribution in [3.05, 3.63) is 35.9 Å². The van der Waals surface area contributed by atoms with Crippen molar-refractivity contribution in [2.24, 2.45) is 0 Å². The van der Waals surface area contributed by atoms with E-state index in [1.165, 1.54) is 4.31 Å². The average Bonchev–Trinajstić information content (AvgIpc) is 2.39. The van der Waals surface area contributed by atoms with Crippen LogP contribution < -0.4 is 0 Å². The van der Waals surface area contributed by atoms with Gasteiger partial charge in [-0.3, -0.25) is 0 Å². The number of benzene rings is 1. The van der Waals surface area contributed by atoms with Gasteiger partial charge in [0.2, 0.25) is 10.0 Å². The van der Waals surface area contributed by atoms with E-state index >= 15 is 0 Å². The topological polar surface area (TPSA) is 57.6 Å². The van der Waals surface area contributed by atoms with Crippen LogP contribution in [0.15, 0.2) is 30.3 Å². The van der Waals surface area contributed by atoms with Crippen LogP contribution in [0.4, 0.5) is 0 Å². The fourth-order valence-electron chi connectivity index (χ4n) is 2.63. The molecule has 2 atom stereocenters. The van der Waals surface area contributed by atoms with Gasteiger partial charge in [-0.15, -0.1) is 0 Å². The van der Waals surface area contributed by atoms with Crippen molar-refractivity contribution in [2.75, 3.05) is 6.54 Å². The van der Waals surface area contributed by atoms with Gasteiger partial charge in [-0.05, 0) is 25.3 Å². The van der Waals surface area contributed by atoms with Gasteiger partial charge < -0.3 is 5.11 Å². The maximum Gasteiger partial charge on any atom is 0.218 e. The number of rotatable bonds is 4. The molecule has 1 fully saturated rings. The van der Waals surface area contributed by atoms with Crippen LogP contribution in [0.25, 0.3) is 0 Å². The van der Waals surface area contributed by atoms with Crippen LogP contribution in [0.5, 0.6) is 0 Å². The molecule has 106 valence electrons. The standard InChI is InChI=1S/C14H21NO3S/c1-12(16)14-9-5-6-10-15(14)19(17,18)11-13-7-3-2-4-8-13/h2-4,7-8,12,14,16H,5-6,9-11H2,1H3. The van der Waals surface area contributed by atoms with E-state index in [9.17, 15) is 13.5 Å². The first-order valence-corrected chi connectivity index (χ1v) is 8.33. The summed E-state index contributed by atoms with van der Waals surface area (Å²) < 4.78 is 26.5. The van der Waals surface area contributed by atoms with E-state index in [1.54, 1.807) is 6.92 Å². The molecule has 2 rings (SSSR count). The van der Waals surface area contributed by atoms with Crippen LogP contribution in [-0.4, -0.2) is 36.5 Å². The lowest BCUT2D eigenvalue weighted by molar-refractivity contribution is 0.0830. The number of hydrogen-bond acceptors (Lipinski definition) is 3. The molecule has 1 aliphatic heterocycles. The highest BCUT2D eigenvalue weighted by Gasteiger charge is 2.34. The molecule has 1 N–H and O–H groups in total. The molecule has 0 aromatic heterocycles. The highest BCUT2D eigenvalue weighted by molar-refractivity contribution is 7.88. The fraction of sp³-hybridized carbons (Fsp3) is 0.571. The molecule has 0 aliphatic carbocycles.